The van der Waals surface area contributed by atoms with E-state index in [2.05, 4.69) is 5.32 Å². The van der Waals surface area contributed by atoms with Crippen molar-refractivity contribution in [3.63, 3.8) is 0 Å². The third-order valence-corrected chi connectivity index (χ3v) is 3.16. The smallest absolute Gasteiger partial charge is 0.255 e. The number of rotatable bonds is 1. The van der Waals surface area contributed by atoms with Crippen LogP contribution < -0.4 is 5.32 Å². The molecular weight excluding hydrogens is 275 g/mol. The molecule has 19 heavy (non-hydrogen) atoms. The maximum Gasteiger partial charge on any atom is 0.255 e. The van der Waals surface area contributed by atoms with Crippen LogP contribution in [0.5, 0.6) is 0 Å². The van der Waals surface area contributed by atoms with Crippen LogP contribution in [0.4, 0.5) is 4.39 Å². The number of piperazine rings is 1. The fourth-order valence-corrected chi connectivity index (χ4v) is 1.87. The number of imide groups is 1. The lowest BCUT2D eigenvalue weighted by atomic mass is 10.1. The molecule has 5 nitrogen and oxygen atoms in total. The largest absolute Gasteiger partial charge is 0.318 e. The first-order valence-corrected chi connectivity index (χ1v) is 5.87. The Balaban J connectivity index is 2.29. The molecule has 1 atom stereocenters. The summed E-state index contributed by atoms with van der Waals surface area (Å²) in [6, 6.07) is 2.79. The van der Waals surface area contributed by atoms with Crippen LogP contribution >= 0.6 is 11.6 Å². The SMILES string of the molecule is CC1C(=O)NC(=O)CN1C(=O)c1ccc(Cl)c(F)c1. The van der Waals surface area contributed by atoms with Gasteiger partial charge >= 0.3 is 0 Å². The summed E-state index contributed by atoms with van der Waals surface area (Å²) in [7, 11) is 0. The van der Waals surface area contributed by atoms with Gasteiger partial charge in [-0.25, -0.2) is 4.39 Å². The van der Waals surface area contributed by atoms with Crippen LogP contribution in [0.25, 0.3) is 0 Å². The molecule has 1 unspecified atom stereocenters. The van der Waals surface area contributed by atoms with Crippen molar-refractivity contribution in [1.82, 2.24) is 10.2 Å². The molecule has 1 fully saturated rings. The van der Waals surface area contributed by atoms with E-state index in [0.717, 1.165) is 11.0 Å². The first kappa shape index (κ1) is 13.5. The van der Waals surface area contributed by atoms with Gasteiger partial charge in [-0.2, -0.15) is 0 Å². The molecule has 1 aromatic carbocycles. The lowest BCUT2D eigenvalue weighted by Crippen LogP contribution is -2.58. The van der Waals surface area contributed by atoms with Gasteiger partial charge in [0.05, 0.1) is 5.02 Å². The fourth-order valence-electron chi connectivity index (χ4n) is 1.76. The maximum absolute atomic E-state index is 13.3. The molecule has 0 spiro atoms. The third-order valence-electron chi connectivity index (χ3n) is 2.85. The van der Waals surface area contributed by atoms with Crippen LogP contribution in [0.3, 0.4) is 0 Å². The van der Waals surface area contributed by atoms with Gasteiger partial charge in [0.15, 0.2) is 0 Å². The van der Waals surface area contributed by atoms with Crippen molar-refractivity contribution in [3.05, 3.63) is 34.6 Å². The van der Waals surface area contributed by atoms with Crippen LogP contribution in [0.1, 0.15) is 17.3 Å². The Morgan fingerprint density at radius 3 is 2.79 bits per heavy atom. The quantitative estimate of drug-likeness (QED) is 0.781. The van der Waals surface area contributed by atoms with Gasteiger partial charge < -0.3 is 4.90 Å². The Hall–Kier alpha value is -1.95. The van der Waals surface area contributed by atoms with E-state index in [9.17, 15) is 18.8 Å². The van der Waals surface area contributed by atoms with Gasteiger partial charge in [0.25, 0.3) is 5.91 Å². The van der Waals surface area contributed by atoms with Gasteiger partial charge in [-0.1, -0.05) is 11.6 Å². The average Bonchev–Trinajstić information content (AvgIpc) is 2.36. The van der Waals surface area contributed by atoms with Gasteiger partial charge in [0.2, 0.25) is 11.8 Å². The van der Waals surface area contributed by atoms with Crippen LogP contribution in [-0.2, 0) is 9.59 Å². The van der Waals surface area contributed by atoms with Crippen molar-refractivity contribution in [3.8, 4) is 0 Å². The molecule has 2 rings (SSSR count). The van der Waals surface area contributed by atoms with Crippen molar-refractivity contribution in [1.29, 1.82) is 0 Å². The standard InChI is InChI=1S/C12H10ClFN2O3/c1-6-11(18)15-10(17)5-16(6)12(19)7-2-3-8(13)9(14)4-7/h2-4,6H,5H2,1H3,(H,15,17,18). The Labute approximate surface area is 113 Å². The highest BCUT2D eigenvalue weighted by Gasteiger charge is 2.34. The number of hydrogen-bond acceptors (Lipinski definition) is 3. The predicted octanol–water partition coefficient (Wildman–Crippen LogP) is 0.966. The second-order valence-corrected chi connectivity index (χ2v) is 4.56. The van der Waals surface area contributed by atoms with Crippen LogP contribution in [-0.4, -0.2) is 35.2 Å². The van der Waals surface area contributed by atoms with Crippen molar-refractivity contribution in [2.45, 2.75) is 13.0 Å². The molecule has 1 heterocycles. The Morgan fingerprint density at radius 1 is 1.47 bits per heavy atom. The summed E-state index contributed by atoms with van der Waals surface area (Å²) in [5.74, 6) is -2.44. The van der Waals surface area contributed by atoms with E-state index < -0.39 is 29.6 Å². The first-order chi connectivity index (χ1) is 8.90. The highest BCUT2D eigenvalue weighted by Crippen LogP contribution is 2.18. The highest BCUT2D eigenvalue weighted by atomic mass is 35.5. The summed E-state index contributed by atoms with van der Waals surface area (Å²) < 4.78 is 13.3. The Morgan fingerprint density at radius 2 is 2.16 bits per heavy atom. The summed E-state index contributed by atoms with van der Waals surface area (Å²) in [4.78, 5) is 36.0. The van der Waals surface area contributed by atoms with E-state index in [0.29, 0.717) is 0 Å². The molecule has 1 aliphatic heterocycles. The van der Waals surface area contributed by atoms with Crippen molar-refractivity contribution in [2.24, 2.45) is 0 Å². The molecule has 7 heteroatoms. The lowest BCUT2D eigenvalue weighted by molar-refractivity contribution is -0.138. The summed E-state index contributed by atoms with van der Waals surface area (Å²) in [5.41, 5.74) is 0.0382. The van der Waals surface area contributed by atoms with E-state index in [-0.39, 0.29) is 17.1 Å². The normalized spacial score (nSPS) is 19.3. The number of hydrogen-bond donors (Lipinski definition) is 1. The monoisotopic (exact) mass is 284 g/mol. The Kier molecular flexibility index (Phi) is 3.53. The minimum atomic E-state index is -0.788. The molecule has 1 N–H and O–H groups in total. The highest BCUT2D eigenvalue weighted by molar-refractivity contribution is 6.30. The summed E-state index contributed by atoms with van der Waals surface area (Å²) in [5, 5.41) is 2.02. The molecular formula is C12H10ClFN2O3. The molecule has 1 aromatic rings. The van der Waals surface area contributed by atoms with E-state index >= 15 is 0 Å². The second kappa shape index (κ2) is 4.97. The molecule has 0 radical (unpaired) electrons. The molecule has 100 valence electrons. The van der Waals surface area contributed by atoms with Crippen molar-refractivity contribution < 1.29 is 18.8 Å². The minimum Gasteiger partial charge on any atom is -0.318 e. The van der Waals surface area contributed by atoms with E-state index in [1.165, 1.54) is 19.1 Å². The topological polar surface area (TPSA) is 66.5 Å². The molecule has 0 aliphatic carbocycles. The van der Waals surface area contributed by atoms with Gasteiger partial charge in [-0.15, -0.1) is 0 Å². The summed E-state index contributed by atoms with van der Waals surface area (Å²) in [6.45, 7) is 1.25. The van der Waals surface area contributed by atoms with Gasteiger partial charge in [-0.3, -0.25) is 19.7 Å². The number of nitrogens with zero attached hydrogens (tertiary/aromatic N) is 1. The van der Waals surface area contributed by atoms with E-state index in [1.807, 2.05) is 0 Å². The van der Waals surface area contributed by atoms with Crippen molar-refractivity contribution >= 4 is 29.3 Å². The molecule has 0 bridgehead atoms. The third kappa shape index (κ3) is 2.58. The molecule has 1 aliphatic rings. The number of benzene rings is 1. The Bertz CT molecular complexity index is 576. The van der Waals surface area contributed by atoms with E-state index in [1.54, 1.807) is 0 Å². The average molecular weight is 285 g/mol. The minimum absolute atomic E-state index is 0.0382. The number of carbonyl (C=O) groups excluding carboxylic acids is 3. The number of amides is 3. The first-order valence-electron chi connectivity index (χ1n) is 5.50. The number of halogens is 2. The van der Waals surface area contributed by atoms with Gasteiger partial charge in [-0.05, 0) is 25.1 Å². The van der Waals surface area contributed by atoms with E-state index in [4.69, 9.17) is 11.6 Å². The van der Waals surface area contributed by atoms with Crippen LogP contribution in [0, 0.1) is 5.82 Å². The fraction of sp³-hybridized carbons (Fsp3) is 0.250. The zero-order valence-electron chi connectivity index (χ0n) is 9.94. The zero-order valence-corrected chi connectivity index (χ0v) is 10.7. The molecule has 0 aromatic heterocycles. The summed E-state index contributed by atoms with van der Waals surface area (Å²) >= 11 is 5.53. The number of carbonyl (C=O) groups is 3. The predicted molar refractivity (Wildman–Crippen MR) is 65.1 cm³/mol. The molecule has 1 saturated heterocycles. The van der Waals surface area contributed by atoms with Gasteiger partial charge in [0.1, 0.15) is 18.4 Å². The van der Waals surface area contributed by atoms with Gasteiger partial charge in [0, 0.05) is 5.56 Å². The maximum atomic E-state index is 13.3. The van der Waals surface area contributed by atoms with Crippen LogP contribution in [0.15, 0.2) is 18.2 Å². The zero-order chi connectivity index (χ0) is 14.2. The lowest BCUT2D eigenvalue weighted by Gasteiger charge is -2.31. The number of nitrogens with one attached hydrogen (secondary N) is 1. The molecule has 3 amide bonds. The molecule has 0 saturated carbocycles. The second-order valence-electron chi connectivity index (χ2n) is 4.15. The summed E-state index contributed by atoms with van der Waals surface area (Å²) in [6.07, 6.45) is 0. The van der Waals surface area contributed by atoms with Crippen LogP contribution in [0.2, 0.25) is 5.02 Å². The van der Waals surface area contributed by atoms with Crippen molar-refractivity contribution in [2.75, 3.05) is 6.54 Å².